The van der Waals surface area contributed by atoms with Gasteiger partial charge in [0.2, 0.25) is 0 Å². The normalized spacial score (nSPS) is 10.6. The molecule has 3 aromatic rings. The van der Waals surface area contributed by atoms with Gasteiger partial charge in [-0.3, -0.25) is 4.79 Å². The maximum Gasteiger partial charge on any atom is 0.257 e. The predicted octanol–water partition coefficient (Wildman–Crippen LogP) is 3.29. The second kappa shape index (κ2) is 7.08. The predicted molar refractivity (Wildman–Crippen MR) is 97.9 cm³/mol. The summed E-state index contributed by atoms with van der Waals surface area (Å²) in [5.74, 6) is 0.906. The molecule has 0 fully saturated rings. The number of nitrogens with zero attached hydrogens (tertiary/aromatic N) is 5. The molecule has 128 valence electrons. The van der Waals surface area contributed by atoms with Gasteiger partial charge in [0.05, 0.1) is 33.7 Å². The van der Waals surface area contributed by atoms with E-state index in [0.29, 0.717) is 27.1 Å². The van der Waals surface area contributed by atoms with E-state index in [4.69, 9.17) is 23.2 Å². The maximum atomic E-state index is 12.3. The van der Waals surface area contributed by atoms with E-state index in [1.165, 1.54) is 23.3 Å². The van der Waals surface area contributed by atoms with Crippen LogP contribution in [0.15, 0.2) is 43.0 Å². The maximum absolute atomic E-state index is 12.3. The third kappa shape index (κ3) is 3.89. The second-order valence-corrected chi connectivity index (χ2v) is 6.23. The first-order valence-corrected chi connectivity index (χ1v) is 8.00. The lowest BCUT2D eigenvalue weighted by molar-refractivity contribution is 0.102. The first-order valence-electron chi connectivity index (χ1n) is 7.25. The van der Waals surface area contributed by atoms with Crippen LogP contribution in [0.3, 0.4) is 0 Å². The van der Waals surface area contributed by atoms with Gasteiger partial charge >= 0.3 is 0 Å². The highest BCUT2D eigenvalue weighted by molar-refractivity contribution is 6.35. The van der Waals surface area contributed by atoms with Crippen molar-refractivity contribution in [2.45, 2.75) is 0 Å². The molecule has 0 radical (unpaired) electrons. The molecule has 3 rings (SSSR count). The van der Waals surface area contributed by atoms with E-state index in [2.05, 4.69) is 20.4 Å². The molecule has 25 heavy (non-hydrogen) atoms. The van der Waals surface area contributed by atoms with E-state index in [1.807, 2.05) is 19.0 Å². The van der Waals surface area contributed by atoms with Gasteiger partial charge in [-0.05, 0) is 18.2 Å². The number of hydrogen-bond acceptors (Lipinski definition) is 5. The molecule has 0 atom stereocenters. The van der Waals surface area contributed by atoms with E-state index < -0.39 is 0 Å². The summed E-state index contributed by atoms with van der Waals surface area (Å²) in [5.41, 5.74) is 0.954. The number of carbonyl (C=O) groups excluding carboxylic acids is 1. The Kier molecular flexibility index (Phi) is 4.87. The Labute approximate surface area is 154 Å². The number of nitrogens with one attached hydrogen (secondary N) is 1. The molecule has 1 N–H and O–H groups in total. The van der Waals surface area contributed by atoms with Crippen LogP contribution in [0, 0.1) is 0 Å². The number of amides is 1. The molecule has 0 aliphatic carbocycles. The van der Waals surface area contributed by atoms with Crippen LogP contribution < -0.4 is 10.2 Å². The fraction of sp³-hybridized carbons (Fsp3) is 0.125. The molecule has 9 heteroatoms. The molecule has 7 nitrogen and oxygen atoms in total. The molecule has 3 heterocycles. The van der Waals surface area contributed by atoms with Crippen molar-refractivity contribution in [2.75, 3.05) is 24.3 Å². The summed E-state index contributed by atoms with van der Waals surface area (Å²) in [7, 11) is 3.76. The number of aromatic nitrogens is 4. The highest BCUT2D eigenvalue weighted by Crippen LogP contribution is 2.22. The van der Waals surface area contributed by atoms with Crippen LogP contribution in [0.5, 0.6) is 0 Å². The Morgan fingerprint density at radius 3 is 2.60 bits per heavy atom. The standard InChI is InChI=1S/C16H14Cl2N6O/c1-23(2)14-4-3-10(6-19-14)16(25)22-12-8-21-24(9-12)15-13(18)5-11(17)7-20-15/h3-9H,1-2H3,(H,22,25). The summed E-state index contributed by atoms with van der Waals surface area (Å²) in [6.45, 7) is 0. The van der Waals surface area contributed by atoms with Crippen molar-refractivity contribution in [3.05, 3.63) is 58.6 Å². The lowest BCUT2D eigenvalue weighted by atomic mass is 10.2. The third-order valence-corrected chi connectivity index (χ3v) is 3.80. The lowest BCUT2D eigenvalue weighted by Crippen LogP contribution is -2.14. The summed E-state index contributed by atoms with van der Waals surface area (Å²) in [4.78, 5) is 22.5. The van der Waals surface area contributed by atoms with Gasteiger partial charge in [0, 0.05) is 26.5 Å². The minimum Gasteiger partial charge on any atom is -0.363 e. The van der Waals surface area contributed by atoms with Crippen molar-refractivity contribution < 1.29 is 4.79 Å². The number of carbonyl (C=O) groups is 1. The summed E-state index contributed by atoms with van der Waals surface area (Å²) < 4.78 is 1.46. The number of rotatable bonds is 4. The van der Waals surface area contributed by atoms with Gasteiger partial charge in [-0.1, -0.05) is 23.2 Å². The van der Waals surface area contributed by atoms with E-state index >= 15 is 0 Å². The van der Waals surface area contributed by atoms with Crippen molar-refractivity contribution in [3.63, 3.8) is 0 Å². The van der Waals surface area contributed by atoms with Crippen LogP contribution in [0.4, 0.5) is 11.5 Å². The molecule has 0 aromatic carbocycles. The zero-order valence-electron chi connectivity index (χ0n) is 13.4. The summed E-state index contributed by atoms with van der Waals surface area (Å²) in [6, 6.07) is 5.05. The topological polar surface area (TPSA) is 75.9 Å². The van der Waals surface area contributed by atoms with Gasteiger partial charge in [0.1, 0.15) is 5.82 Å². The average Bonchev–Trinajstić information content (AvgIpc) is 3.03. The Morgan fingerprint density at radius 1 is 1.16 bits per heavy atom. The van der Waals surface area contributed by atoms with E-state index in [0.717, 1.165) is 5.82 Å². The lowest BCUT2D eigenvalue weighted by Gasteiger charge is -2.11. The monoisotopic (exact) mass is 376 g/mol. The Balaban J connectivity index is 1.75. The van der Waals surface area contributed by atoms with Crippen molar-refractivity contribution in [1.82, 2.24) is 19.7 Å². The van der Waals surface area contributed by atoms with Crippen molar-refractivity contribution in [3.8, 4) is 5.82 Å². The van der Waals surface area contributed by atoms with Gasteiger partial charge in [-0.2, -0.15) is 5.10 Å². The number of halogens is 2. The molecule has 0 bridgehead atoms. The first-order chi connectivity index (χ1) is 11.9. The highest BCUT2D eigenvalue weighted by atomic mass is 35.5. The molecule has 0 spiro atoms. The molecule has 1 amide bonds. The van der Waals surface area contributed by atoms with E-state index in [-0.39, 0.29) is 5.91 Å². The van der Waals surface area contributed by atoms with Gasteiger partial charge in [-0.25, -0.2) is 14.6 Å². The molecule has 3 aromatic heterocycles. The SMILES string of the molecule is CN(C)c1ccc(C(=O)Nc2cnn(-c3ncc(Cl)cc3Cl)c2)cn1. The van der Waals surface area contributed by atoms with Crippen LogP contribution in [-0.2, 0) is 0 Å². The zero-order valence-corrected chi connectivity index (χ0v) is 15.0. The molecular weight excluding hydrogens is 363 g/mol. The van der Waals surface area contributed by atoms with Gasteiger partial charge in [0.25, 0.3) is 5.91 Å². The molecule has 0 saturated carbocycles. The van der Waals surface area contributed by atoms with Gasteiger partial charge in [-0.15, -0.1) is 0 Å². The van der Waals surface area contributed by atoms with Crippen LogP contribution >= 0.6 is 23.2 Å². The van der Waals surface area contributed by atoms with Crippen molar-refractivity contribution in [2.24, 2.45) is 0 Å². The largest absolute Gasteiger partial charge is 0.363 e. The Bertz CT molecular complexity index is 907. The number of hydrogen-bond donors (Lipinski definition) is 1. The Hall–Kier alpha value is -2.64. The summed E-state index contributed by atoms with van der Waals surface area (Å²) in [6.07, 6.45) is 6.11. The van der Waals surface area contributed by atoms with E-state index in [1.54, 1.807) is 24.4 Å². The van der Waals surface area contributed by atoms with Crippen molar-refractivity contribution in [1.29, 1.82) is 0 Å². The number of pyridine rings is 2. The molecule has 0 aliphatic heterocycles. The Morgan fingerprint density at radius 2 is 1.96 bits per heavy atom. The molecular formula is C16H14Cl2N6O. The first kappa shape index (κ1) is 17.2. The van der Waals surface area contributed by atoms with Crippen LogP contribution in [0.2, 0.25) is 10.0 Å². The van der Waals surface area contributed by atoms with Gasteiger partial charge in [0.15, 0.2) is 5.82 Å². The van der Waals surface area contributed by atoms with Crippen LogP contribution in [0.25, 0.3) is 5.82 Å². The second-order valence-electron chi connectivity index (χ2n) is 5.39. The molecule has 0 aliphatic rings. The quantitative estimate of drug-likeness (QED) is 0.755. The highest BCUT2D eigenvalue weighted by Gasteiger charge is 2.11. The fourth-order valence-corrected chi connectivity index (χ4v) is 2.53. The fourth-order valence-electron chi connectivity index (χ4n) is 2.07. The average molecular weight is 377 g/mol. The minimum absolute atomic E-state index is 0.285. The number of anilines is 2. The van der Waals surface area contributed by atoms with Crippen LogP contribution in [-0.4, -0.2) is 39.8 Å². The van der Waals surface area contributed by atoms with Gasteiger partial charge < -0.3 is 10.2 Å². The smallest absolute Gasteiger partial charge is 0.257 e. The summed E-state index contributed by atoms with van der Waals surface area (Å²) >= 11 is 11.9. The molecule has 0 saturated heterocycles. The van der Waals surface area contributed by atoms with E-state index in [9.17, 15) is 4.79 Å². The van der Waals surface area contributed by atoms with Crippen molar-refractivity contribution >= 4 is 40.6 Å². The molecule has 0 unspecified atom stereocenters. The third-order valence-electron chi connectivity index (χ3n) is 3.31. The zero-order chi connectivity index (χ0) is 18.0. The summed E-state index contributed by atoms with van der Waals surface area (Å²) in [5, 5.41) is 7.70. The minimum atomic E-state index is -0.285. The van der Waals surface area contributed by atoms with Crippen LogP contribution in [0.1, 0.15) is 10.4 Å².